The standard InChI is InChI=1S/C15H22N2OS/c1-10(8-12-5-3-7-19-12)17-15(18)14-13-6-2-4-11(13)9-16-14/h3,5,7,10-11,13-14,16H,2,4,6,8-9H2,1H3,(H,17,18). The maximum Gasteiger partial charge on any atom is 0.237 e. The van der Waals surface area contributed by atoms with Gasteiger partial charge in [-0.2, -0.15) is 0 Å². The monoisotopic (exact) mass is 278 g/mol. The van der Waals surface area contributed by atoms with Crippen molar-refractivity contribution in [1.29, 1.82) is 0 Å². The molecule has 3 nitrogen and oxygen atoms in total. The van der Waals surface area contributed by atoms with Gasteiger partial charge in [-0.05, 0) is 49.6 Å². The summed E-state index contributed by atoms with van der Waals surface area (Å²) in [5.74, 6) is 1.52. The van der Waals surface area contributed by atoms with Crippen molar-refractivity contribution in [3.63, 3.8) is 0 Å². The number of fused-ring (bicyclic) bond motifs is 1. The van der Waals surface area contributed by atoms with Crippen LogP contribution in [-0.4, -0.2) is 24.5 Å². The van der Waals surface area contributed by atoms with Crippen molar-refractivity contribution in [2.45, 2.75) is 44.7 Å². The number of amides is 1. The number of rotatable bonds is 4. The Morgan fingerprint density at radius 3 is 3.26 bits per heavy atom. The quantitative estimate of drug-likeness (QED) is 0.886. The average molecular weight is 278 g/mol. The highest BCUT2D eigenvalue weighted by molar-refractivity contribution is 7.09. The molecule has 0 spiro atoms. The number of hydrogen-bond acceptors (Lipinski definition) is 3. The average Bonchev–Trinajstić information content (AvgIpc) is 3.03. The number of hydrogen-bond donors (Lipinski definition) is 2. The highest BCUT2D eigenvalue weighted by atomic mass is 32.1. The molecule has 1 amide bonds. The molecule has 3 rings (SSSR count). The molecule has 4 unspecified atom stereocenters. The first-order valence-electron chi connectivity index (χ1n) is 7.30. The van der Waals surface area contributed by atoms with E-state index >= 15 is 0 Å². The summed E-state index contributed by atoms with van der Waals surface area (Å²) in [6.45, 7) is 3.13. The van der Waals surface area contributed by atoms with Gasteiger partial charge in [-0.15, -0.1) is 11.3 Å². The third-order valence-electron chi connectivity index (χ3n) is 4.50. The Morgan fingerprint density at radius 1 is 1.58 bits per heavy atom. The van der Waals surface area contributed by atoms with Gasteiger partial charge in [0, 0.05) is 17.3 Å². The van der Waals surface area contributed by atoms with Gasteiger partial charge in [0.15, 0.2) is 0 Å². The third-order valence-corrected chi connectivity index (χ3v) is 5.40. The molecule has 4 heteroatoms. The van der Waals surface area contributed by atoms with Crippen molar-refractivity contribution in [3.05, 3.63) is 22.4 Å². The minimum Gasteiger partial charge on any atom is -0.352 e. The third kappa shape index (κ3) is 2.84. The van der Waals surface area contributed by atoms with E-state index in [1.165, 1.54) is 24.1 Å². The SMILES string of the molecule is CC(Cc1cccs1)NC(=O)C1NCC2CCCC21. The van der Waals surface area contributed by atoms with Gasteiger partial charge < -0.3 is 10.6 Å². The summed E-state index contributed by atoms with van der Waals surface area (Å²) < 4.78 is 0. The number of nitrogens with one attached hydrogen (secondary N) is 2. The molecule has 1 saturated heterocycles. The summed E-state index contributed by atoms with van der Waals surface area (Å²) in [7, 11) is 0. The van der Waals surface area contributed by atoms with Gasteiger partial charge in [0.25, 0.3) is 0 Å². The molecule has 1 aromatic rings. The molecule has 2 aliphatic rings. The van der Waals surface area contributed by atoms with Crippen LogP contribution in [0.15, 0.2) is 17.5 Å². The van der Waals surface area contributed by atoms with Crippen LogP contribution in [0.4, 0.5) is 0 Å². The van der Waals surface area contributed by atoms with Gasteiger partial charge in [-0.1, -0.05) is 12.5 Å². The first-order chi connectivity index (χ1) is 9.24. The molecule has 0 bridgehead atoms. The van der Waals surface area contributed by atoms with Gasteiger partial charge in [0.05, 0.1) is 6.04 Å². The Kier molecular flexibility index (Phi) is 3.89. The van der Waals surface area contributed by atoms with Crippen molar-refractivity contribution in [2.75, 3.05) is 6.54 Å². The minimum absolute atomic E-state index is 0.0540. The highest BCUT2D eigenvalue weighted by Gasteiger charge is 2.42. The Balaban J connectivity index is 1.53. The molecule has 0 radical (unpaired) electrons. The fourth-order valence-electron chi connectivity index (χ4n) is 3.59. The Bertz CT molecular complexity index is 431. The van der Waals surface area contributed by atoms with E-state index in [-0.39, 0.29) is 18.0 Å². The molecule has 4 atom stereocenters. The van der Waals surface area contributed by atoms with Crippen LogP contribution in [0.5, 0.6) is 0 Å². The molecule has 2 fully saturated rings. The fourth-order valence-corrected chi connectivity index (χ4v) is 4.42. The summed E-state index contributed by atoms with van der Waals surface area (Å²) in [6, 6.07) is 4.47. The molecule has 2 heterocycles. The number of carbonyl (C=O) groups is 1. The Morgan fingerprint density at radius 2 is 2.47 bits per heavy atom. The lowest BCUT2D eigenvalue weighted by Crippen LogP contribution is -2.47. The van der Waals surface area contributed by atoms with Crippen LogP contribution < -0.4 is 10.6 Å². The number of thiophene rings is 1. The van der Waals surface area contributed by atoms with E-state index in [0.717, 1.165) is 18.9 Å². The number of carbonyl (C=O) groups excluding carboxylic acids is 1. The molecule has 2 N–H and O–H groups in total. The summed E-state index contributed by atoms with van der Waals surface area (Å²) >= 11 is 1.76. The van der Waals surface area contributed by atoms with Crippen LogP contribution in [0.3, 0.4) is 0 Å². The maximum atomic E-state index is 12.4. The lowest BCUT2D eigenvalue weighted by atomic mass is 9.93. The molecule has 1 aliphatic carbocycles. The Hall–Kier alpha value is -0.870. The van der Waals surface area contributed by atoms with Gasteiger partial charge in [-0.3, -0.25) is 4.79 Å². The van der Waals surface area contributed by atoms with E-state index < -0.39 is 0 Å². The van der Waals surface area contributed by atoms with Crippen LogP contribution in [0.1, 0.15) is 31.1 Å². The molecular formula is C15H22N2OS. The van der Waals surface area contributed by atoms with E-state index in [4.69, 9.17) is 0 Å². The lowest BCUT2D eigenvalue weighted by Gasteiger charge is -2.20. The van der Waals surface area contributed by atoms with Crippen molar-refractivity contribution in [2.24, 2.45) is 11.8 Å². The summed E-state index contributed by atoms with van der Waals surface area (Å²) in [5.41, 5.74) is 0. The van der Waals surface area contributed by atoms with E-state index in [1.807, 2.05) is 0 Å². The summed E-state index contributed by atoms with van der Waals surface area (Å²) in [4.78, 5) is 13.7. The van der Waals surface area contributed by atoms with E-state index in [9.17, 15) is 4.79 Å². The van der Waals surface area contributed by atoms with Crippen LogP contribution in [0.25, 0.3) is 0 Å². The Labute approximate surface area is 118 Å². The molecule has 104 valence electrons. The fraction of sp³-hybridized carbons (Fsp3) is 0.667. The van der Waals surface area contributed by atoms with Crippen LogP contribution in [-0.2, 0) is 11.2 Å². The van der Waals surface area contributed by atoms with Crippen molar-refractivity contribution in [1.82, 2.24) is 10.6 Å². The van der Waals surface area contributed by atoms with Gasteiger partial charge in [0.2, 0.25) is 5.91 Å². The smallest absolute Gasteiger partial charge is 0.237 e. The van der Waals surface area contributed by atoms with Crippen LogP contribution in [0, 0.1) is 11.8 Å². The van der Waals surface area contributed by atoms with Gasteiger partial charge in [0.1, 0.15) is 0 Å². The van der Waals surface area contributed by atoms with Crippen molar-refractivity contribution < 1.29 is 4.79 Å². The van der Waals surface area contributed by atoms with Gasteiger partial charge >= 0.3 is 0 Å². The lowest BCUT2D eigenvalue weighted by molar-refractivity contribution is -0.124. The van der Waals surface area contributed by atoms with Crippen molar-refractivity contribution in [3.8, 4) is 0 Å². The second kappa shape index (κ2) is 5.63. The largest absolute Gasteiger partial charge is 0.352 e. The highest BCUT2D eigenvalue weighted by Crippen LogP contribution is 2.37. The predicted octanol–water partition coefficient (Wildman–Crippen LogP) is 2.18. The second-order valence-electron chi connectivity index (χ2n) is 5.93. The molecule has 0 aromatic carbocycles. The van der Waals surface area contributed by atoms with Crippen LogP contribution in [0.2, 0.25) is 0 Å². The molecule has 1 aliphatic heterocycles. The minimum atomic E-state index is 0.0540. The second-order valence-corrected chi connectivity index (χ2v) is 6.97. The molecular weight excluding hydrogens is 256 g/mol. The predicted molar refractivity (Wildman–Crippen MR) is 78.2 cm³/mol. The first-order valence-corrected chi connectivity index (χ1v) is 8.18. The zero-order chi connectivity index (χ0) is 13.2. The molecule has 1 saturated carbocycles. The first kappa shape index (κ1) is 13.1. The molecule has 19 heavy (non-hydrogen) atoms. The van der Waals surface area contributed by atoms with Crippen LogP contribution >= 0.6 is 11.3 Å². The molecule has 1 aromatic heterocycles. The van der Waals surface area contributed by atoms with E-state index in [1.54, 1.807) is 11.3 Å². The van der Waals surface area contributed by atoms with E-state index in [2.05, 4.69) is 35.1 Å². The van der Waals surface area contributed by atoms with E-state index in [0.29, 0.717) is 5.92 Å². The zero-order valence-corrected chi connectivity index (χ0v) is 12.2. The van der Waals surface area contributed by atoms with Crippen molar-refractivity contribution >= 4 is 17.2 Å². The zero-order valence-electron chi connectivity index (χ0n) is 11.4. The summed E-state index contributed by atoms with van der Waals surface area (Å²) in [5, 5.41) is 8.68. The summed E-state index contributed by atoms with van der Waals surface area (Å²) in [6.07, 6.45) is 4.75. The topological polar surface area (TPSA) is 41.1 Å². The normalized spacial score (nSPS) is 31.1. The maximum absolute atomic E-state index is 12.4. The van der Waals surface area contributed by atoms with Gasteiger partial charge in [-0.25, -0.2) is 0 Å².